The molecule has 0 amide bonds. The number of pyridine rings is 1. The largest absolute Gasteiger partial charge is 0.359 e. The van der Waals surface area contributed by atoms with Crippen LogP contribution in [0.5, 0.6) is 0 Å². The van der Waals surface area contributed by atoms with Crippen molar-refractivity contribution >= 4 is 10.8 Å². The highest BCUT2D eigenvalue weighted by Gasteiger charge is 2.66. The number of rotatable bonds is 2. The SMILES string of the molecule is CC1CN([C@@H]2CCC3=CC4=CC[C@]5(C)[C@@H](c6ccc7ccncc7c6)CC[C@H]5[C@@]45CCC3(C2)O5)C1. The molecule has 1 unspecified atom stereocenters. The highest BCUT2D eigenvalue weighted by atomic mass is 16.5. The van der Waals surface area contributed by atoms with Crippen molar-refractivity contribution in [2.45, 2.75) is 88.4 Å². The Balaban J connectivity index is 1.14. The molecule has 4 heterocycles. The second kappa shape index (κ2) is 7.07. The second-order valence-electron chi connectivity index (χ2n) is 13.1. The van der Waals surface area contributed by atoms with Crippen LogP contribution in [0.3, 0.4) is 0 Å². The van der Waals surface area contributed by atoms with Gasteiger partial charge in [0.2, 0.25) is 0 Å². The van der Waals surface area contributed by atoms with Gasteiger partial charge in [-0.05, 0) is 109 Å². The Bertz CT molecular complexity index is 1270. The molecule has 2 spiro atoms. The third-order valence-corrected chi connectivity index (χ3v) is 11.3. The molecule has 6 atom stereocenters. The van der Waals surface area contributed by atoms with Gasteiger partial charge in [-0.3, -0.25) is 9.88 Å². The van der Waals surface area contributed by atoms with Gasteiger partial charge in [0, 0.05) is 36.9 Å². The lowest BCUT2D eigenvalue weighted by molar-refractivity contribution is -0.144. The van der Waals surface area contributed by atoms with Crippen LogP contribution in [0.15, 0.2) is 60.0 Å². The molecule has 1 aromatic carbocycles. The number of hydrogen-bond acceptors (Lipinski definition) is 3. The van der Waals surface area contributed by atoms with Crippen molar-refractivity contribution in [3.05, 3.63) is 65.5 Å². The van der Waals surface area contributed by atoms with Crippen molar-refractivity contribution < 1.29 is 4.74 Å². The molecule has 2 aromatic rings. The Kier molecular flexibility index (Phi) is 4.27. The summed E-state index contributed by atoms with van der Waals surface area (Å²) >= 11 is 0. The van der Waals surface area contributed by atoms with E-state index in [1.165, 1.54) is 80.8 Å². The van der Waals surface area contributed by atoms with Crippen LogP contribution in [0.2, 0.25) is 0 Å². The molecule has 35 heavy (non-hydrogen) atoms. The molecule has 2 saturated heterocycles. The minimum atomic E-state index is -0.0478. The number of aromatic nitrogens is 1. The van der Waals surface area contributed by atoms with Crippen LogP contribution in [0.1, 0.15) is 76.7 Å². The molecule has 0 N–H and O–H groups in total. The lowest BCUT2D eigenvalue weighted by atomic mass is 9.58. The molecular formula is C32H38N2O. The van der Waals surface area contributed by atoms with E-state index < -0.39 is 0 Å². The van der Waals surface area contributed by atoms with Crippen LogP contribution in [-0.2, 0) is 4.74 Å². The van der Waals surface area contributed by atoms with Gasteiger partial charge in [-0.1, -0.05) is 38.1 Å². The van der Waals surface area contributed by atoms with Gasteiger partial charge in [0.15, 0.2) is 0 Å². The van der Waals surface area contributed by atoms with Gasteiger partial charge in [0.05, 0.1) is 11.2 Å². The molecule has 0 radical (unpaired) electrons. The normalized spacial score (nSPS) is 42.6. The van der Waals surface area contributed by atoms with Crippen molar-refractivity contribution in [2.24, 2.45) is 17.3 Å². The minimum absolute atomic E-state index is 0.0179. The lowest BCUT2D eigenvalue weighted by Gasteiger charge is -2.56. The summed E-state index contributed by atoms with van der Waals surface area (Å²) in [6, 6.07) is 9.98. The highest BCUT2D eigenvalue weighted by Crippen LogP contribution is 2.69. The third kappa shape index (κ3) is 2.77. The van der Waals surface area contributed by atoms with E-state index in [1.807, 2.05) is 12.4 Å². The Labute approximate surface area is 209 Å². The van der Waals surface area contributed by atoms with E-state index in [-0.39, 0.29) is 16.6 Å². The first kappa shape index (κ1) is 21.1. The van der Waals surface area contributed by atoms with Crippen LogP contribution in [0, 0.1) is 17.3 Å². The lowest BCUT2D eigenvalue weighted by Crippen LogP contribution is -2.58. The van der Waals surface area contributed by atoms with E-state index in [4.69, 9.17) is 4.74 Å². The van der Waals surface area contributed by atoms with Gasteiger partial charge >= 0.3 is 0 Å². The highest BCUT2D eigenvalue weighted by molar-refractivity contribution is 5.82. The van der Waals surface area contributed by atoms with Gasteiger partial charge in [-0.25, -0.2) is 0 Å². The van der Waals surface area contributed by atoms with Crippen molar-refractivity contribution in [3.63, 3.8) is 0 Å². The van der Waals surface area contributed by atoms with E-state index in [0.717, 1.165) is 12.0 Å². The molecule has 3 aliphatic heterocycles. The maximum Gasteiger partial charge on any atom is 0.0974 e. The number of allylic oxidation sites excluding steroid dienone is 1. The van der Waals surface area contributed by atoms with E-state index in [9.17, 15) is 0 Å². The molecular weight excluding hydrogens is 428 g/mol. The Morgan fingerprint density at radius 1 is 1.06 bits per heavy atom. The molecule has 182 valence electrons. The van der Waals surface area contributed by atoms with E-state index in [2.05, 4.69) is 60.1 Å². The molecule has 4 fully saturated rings. The number of likely N-dealkylation sites (tertiary alicyclic amines) is 1. The predicted octanol–water partition coefficient (Wildman–Crippen LogP) is 6.80. The standard InChI is InChI=1S/C32H38N2O/c1-21-19-34(20-21)27-6-5-25-16-26-9-11-30(2)28(23-4-3-22-10-14-33-18-24(22)15-23)7-8-29(30)32(26)13-12-31(25,17-27)35-32/h3-4,9-10,14-16,18,21,27-29H,5-8,11-13,17,19-20H2,1-2H3/t27-,28-,29-,30-,31?,32-/m1/s1. The van der Waals surface area contributed by atoms with Gasteiger partial charge in [-0.15, -0.1) is 0 Å². The Hall–Kier alpha value is -1.97. The fraction of sp³-hybridized carbons (Fsp3) is 0.594. The maximum atomic E-state index is 7.52. The average molecular weight is 467 g/mol. The number of fused-ring (bicyclic) bond motifs is 2. The zero-order valence-electron chi connectivity index (χ0n) is 21.3. The summed E-state index contributed by atoms with van der Waals surface area (Å²) in [4.78, 5) is 7.15. The summed E-state index contributed by atoms with van der Waals surface area (Å²) in [5.41, 5.74) is 4.91. The smallest absolute Gasteiger partial charge is 0.0974 e. The first-order valence-electron chi connectivity index (χ1n) is 14.2. The van der Waals surface area contributed by atoms with Gasteiger partial charge < -0.3 is 4.74 Å². The number of nitrogens with zero attached hydrogens (tertiary/aromatic N) is 2. The quantitative estimate of drug-likeness (QED) is 0.487. The maximum absolute atomic E-state index is 7.52. The Morgan fingerprint density at radius 2 is 1.97 bits per heavy atom. The fourth-order valence-corrected chi connectivity index (χ4v) is 9.61. The summed E-state index contributed by atoms with van der Waals surface area (Å²) in [7, 11) is 0. The molecule has 3 heteroatoms. The van der Waals surface area contributed by atoms with Crippen LogP contribution >= 0.6 is 0 Å². The average Bonchev–Trinajstić information content (AvgIpc) is 3.36. The summed E-state index contributed by atoms with van der Waals surface area (Å²) in [5, 5.41) is 2.57. The minimum Gasteiger partial charge on any atom is -0.359 e. The van der Waals surface area contributed by atoms with Crippen molar-refractivity contribution in [1.82, 2.24) is 9.88 Å². The zero-order valence-corrected chi connectivity index (χ0v) is 21.3. The van der Waals surface area contributed by atoms with Crippen LogP contribution in [0.4, 0.5) is 0 Å². The van der Waals surface area contributed by atoms with Crippen LogP contribution in [0.25, 0.3) is 10.8 Å². The Morgan fingerprint density at radius 3 is 2.86 bits per heavy atom. The molecule has 2 saturated carbocycles. The summed E-state index contributed by atoms with van der Waals surface area (Å²) < 4.78 is 7.52. The summed E-state index contributed by atoms with van der Waals surface area (Å²) in [5.74, 6) is 2.09. The monoisotopic (exact) mass is 466 g/mol. The molecule has 3 aliphatic carbocycles. The van der Waals surface area contributed by atoms with Crippen LogP contribution in [-0.4, -0.2) is 40.2 Å². The van der Waals surface area contributed by atoms with Crippen molar-refractivity contribution in [2.75, 3.05) is 13.1 Å². The summed E-state index contributed by atoms with van der Waals surface area (Å²) in [6.07, 6.45) is 19.1. The van der Waals surface area contributed by atoms with Gasteiger partial charge in [0.1, 0.15) is 0 Å². The fourth-order valence-electron chi connectivity index (χ4n) is 9.61. The van der Waals surface area contributed by atoms with Crippen molar-refractivity contribution in [3.8, 4) is 0 Å². The number of hydrogen-bond donors (Lipinski definition) is 0. The number of benzene rings is 1. The zero-order chi connectivity index (χ0) is 23.4. The molecule has 3 nitrogen and oxygen atoms in total. The first-order valence-corrected chi connectivity index (χ1v) is 14.2. The topological polar surface area (TPSA) is 25.4 Å². The number of ether oxygens (including phenoxy) is 1. The van der Waals surface area contributed by atoms with Crippen LogP contribution < -0.4 is 0 Å². The van der Waals surface area contributed by atoms with Gasteiger partial charge in [0.25, 0.3) is 0 Å². The predicted molar refractivity (Wildman–Crippen MR) is 140 cm³/mol. The summed E-state index contributed by atoms with van der Waals surface area (Å²) in [6.45, 7) is 7.57. The molecule has 2 bridgehead atoms. The first-order chi connectivity index (χ1) is 17.0. The second-order valence-corrected chi connectivity index (χ2v) is 13.1. The van der Waals surface area contributed by atoms with Crippen molar-refractivity contribution in [1.29, 1.82) is 0 Å². The third-order valence-electron chi connectivity index (χ3n) is 11.3. The van der Waals surface area contributed by atoms with E-state index >= 15 is 0 Å². The molecule has 6 aliphatic rings. The van der Waals surface area contributed by atoms with Gasteiger partial charge in [-0.2, -0.15) is 0 Å². The molecule has 8 rings (SSSR count). The van der Waals surface area contributed by atoms with E-state index in [0.29, 0.717) is 11.8 Å². The van der Waals surface area contributed by atoms with E-state index in [1.54, 1.807) is 11.1 Å². The molecule has 1 aromatic heterocycles.